The minimum absolute atomic E-state index is 0.168. The molecule has 0 radical (unpaired) electrons. The number of nitrogens with one attached hydrogen (secondary N) is 2. The van der Waals surface area contributed by atoms with Gasteiger partial charge in [-0.05, 0) is 23.3 Å². The number of aromatic nitrogens is 1. The van der Waals surface area contributed by atoms with Gasteiger partial charge in [0.25, 0.3) is 0 Å². The third-order valence-corrected chi connectivity index (χ3v) is 4.27. The van der Waals surface area contributed by atoms with Gasteiger partial charge >= 0.3 is 6.03 Å². The molecule has 6 nitrogen and oxygen atoms in total. The predicted molar refractivity (Wildman–Crippen MR) is 96.3 cm³/mol. The Morgan fingerprint density at radius 3 is 2.48 bits per heavy atom. The number of hydrogen-bond acceptors (Lipinski definition) is 4. The summed E-state index contributed by atoms with van der Waals surface area (Å²) in [7, 11) is 0. The molecular weight excluding hydrogens is 316 g/mol. The third kappa shape index (κ3) is 5.27. The van der Waals surface area contributed by atoms with Crippen LogP contribution in [-0.4, -0.2) is 55.3 Å². The summed E-state index contributed by atoms with van der Waals surface area (Å²) in [6, 6.07) is 13.4. The van der Waals surface area contributed by atoms with E-state index < -0.39 is 0 Å². The van der Waals surface area contributed by atoms with Gasteiger partial charge in [0.15, 0.2) is 0 Å². The van der Waals surface area contributed by atoms with Crippen molar-refractivity contribution in [3.63, 3.8) is 0 Å². The minimum atomic E-state index is -0.201. The smallest absolute Gasteiger partial charge is 0.315 e. The van der Waals surface area contributed by atoms with E-state index in [1.807, 2.05) is 42.5 Å². The topological polar surface area (TPSA) is 66.5 Å². The lowest BCUT2D eigenvalue weighted by Gasteiger charge is -2.26. The van der Waals surface area contributed by atoms with E-state index in [4.69, 9.17) is 4.74 Å². The number of hydrogen-bond donors (Lipinski definition) is 2. The zero-order chi connectivity index (χ0) is 17.3. The third-order valence-electron chi connectivity index (χ3n) is 4.27. The number of amides is 2. The molecule has 2 amide bonds. The second-order valence-corrected chi connectivity index (χ2v) is 5.98. The first kappa shape index (κ1) is 17.4. The Labute approximate surface area is 148 Å². The van der Waals surface area contributed by atoms with Crippen LogP contribution in [0.5, 0.6) is 0 Å². The standard InChI is InChI=1S/C19H24N4O2/c24-19(21-10-11-23-12-14-25-15-13-23)22-18(16-4-2-1-3-5-16)17-6-8-20-9-7-17/h1-9,18H,10-15H2,(H2,21,22,24)/t18-/m0/s1. The summed E-state index contributed by atoms with van der Waals surface area (Å²) in [5.74, 6) is 0. The van der Waals surface area contributed by atoms with E-state index in [2.05, 4.69) is 20.5 Å². The summed E-state index contributed by atoms with van der Waals surface area (Å²) in [5, 5.41) is 6.02. The van der Waals surface area contributed by atoms with Crippen molar-refractivity contribution in [1.82, 2.24) is 20.5 Å². The fraction of sp³-hybridized carbons (Fsp3) is 0.368. The molecule has 1 aliphatic heterocycles. The second-order valence-electron chi connectivity index (χ2n) is 5.98. The quantitative estimate of drug-likeness (QED) is 0.842. The highest BCUT2D eigenvalue weighted by molar-refractivity contribution is 5.75. The highest BCUT2D eigenvalue weighted by Gasteiger charge is 2.17. The van der Waals surface area contributed by atoms with E-state index in [0.29, 0.717) is 6.54 Å². The Balaban J connectivity index is 1.57. The molecule has 3 rings (SSSR count). The normalized spacial score (nSPS) is 16.2. The van der Waals surface area contributed by atoms with Gasteiger partial charge in [0, 0.05) is 38.6 Å². The van der Waals surface area contributed by atoms with Gasteiger partial charge in [0.05, 0.1) is 19.3 Å². The van der Waals surface area contributed by atoms with E-state index in [-0.39, 0.29) is 12.1 Å². The van der Waals surface area contributed by atoms with Gasteiger partial charge in [-0.25, -0.2) is 4.79 Å². The zero-order valence-corrected chi connectivity index (χ0v) is 14.2. The molecule has 0 spiro atoms. The number of benzene rings is 1. The maximum atomic E-state index is 12.4. The van der Waals surface area contributed by atoms with Crippen molar-refractivity contribution in [3.8, 4) is 0 Å². The Morgan fingerprint density at radius 1 is 1.08 bits per heavy atom. The van der Waals surface area contributed by atoms with Crippen LogP contribution in [0.1, 0.15) is 17.2 Å². The van der Waals surface area contributed by atoms with Crippen LogP contribution in [0.3, 0.4) is 0 Å². The van der Waals surface area contributed by atoms with Crippen LogP contribution in [0.25, 0.3) is 0 Å². The fourth-order valence-electron chi connectivity index (χ4n) is 2.89. The molecule has 0 bridgehead atoms. The van der Waals surface area contributed by atoms with Crippen molar-refractivity contribution in [1.29, 1.82) is 0 Å². The lowest BCUT2D eigenvalue weighted by atomic mass is 10.00. The number of ether oxygens (including phenoxy) is 1. The van der Waals surface area contributed by atoms with Crippen molar-refractivity contribution in [2.75, 3.05) is 39.4 Å². The van der Waals surface area contributed by atoms with Crippen LogP contribution < -0.4 is 10.6 Å². The summed E-state index contributed by atoms with van der Waals surface area (Å²) >= 11 is 0. The second kappa shape index (κ2) is 9.15. The van der Waals surface area contributed by atoms with Crippen LogP contribution in [0, 0.1) is 0 Å². The average Bonchev–Trinajstić information content (AvgIpc) is 2.68. The minimum Gasteiger partial charge on any atom is -0.379 e. The van der Waals surface area contributed by atoms with Crippen LogP contribution in [0.15, 0.2) is 54.9 Å². The van der Waals surface area contributed by atoms with E-state index in [9.17, 15) is 4.79 Å². The van der Waals surface area contributed by atoms with Gasteiger partial charge in [0.1, 0.15) is 0 Å². The van der Waals surface area contributed by atoms with E-state index >= 15 is 0 Å². The highest BCUT2D eigenvalue weighted by atomic mass is 16.5. The van der Waals surface area contributed by atoms with E-state index in [1.54, 1.807) is 12.4 Å². The number of nitrogens with zero attached hydrogens (tertiary/aromatic N) is 2. The molecule has 25 heavy (non-hydrogen) atoms. The first-order valence-corrected chi connectivity index (χ1v) is 8.62. The first-order chi connectivity index (χ1) is 12.3. The average molecular weight is 340 g/mol. The molecular formula is C19H24N4O2. The van der Waals surface area contributed by atoms with Crippen molar-refractivity contribution < 1.29 is 9.53 Å². The number of pyridine rings is 1. The van der Waals surface area contributed by atoms with Crippen molar-refractivity contribution >= 4 is 6.03 Å². The maximum Gasteiger partial charge on any atom is 0.315 e. The van der Waals surface area contributed by atoms with Crippen LogP contribution in [-0.2, 0) is 4.74 Å². The molecule has 1 atom stereocenters. The molecule has 132 valence electrons. The van der Waals surface area contributed by atoms with Gasteiger partial charge in [-0.1, -0.05) is 30.3 Å². The van der Waals surface area contributed by atoms with Crippen molar-refractivity contribution in [2.24, 2.45) is 0 Å². The SMILES string of the molecule is O=C(NCCN1CCOCC1)N[C@@H](c1ccccc1)c1ccncc1. The van der Waals surface area contributed by atoms with Crippen LogP contribution in [0.2, 0.25) is 0 Å². The number of rotatable bonds is 6. The lowest BCUT2D eigenvalue weighted by Crippen LogP contribution is -2.44. The molecule has 0 aliphatic carbocycles. The van der Waals surface area contributed by atoms with Gasteiger partial charge in [-0.2, -0.15) is 0 Å². The summed E-state index contributed by atoms with van der Waals surface area (Å²) < 4.78 is 5.33. The Hall–Kier alpha value is -2.44. The number of morpholine rings is 1. The van der Waals surface area contributed by atoms with Gasteiger partial charge in [0.2, 0.25) is 0 Å². The molecule has 0 saturated carbocycles. The molecule has 2 aromatic rings. The summed E-state index contributed by atoms with van der Waals surface area (Å²) in [6.07, 6.45) is 3.48. The zero-order valence-electron chi connectivity index (χ0n) is 14.2. The monoisotopic (exact) mass is 340 g/mol. The Morgan fingerprint density at radius 2 is 1.76 bits per heavy atom. The largest absolute Gasteiger partial charge is 0.379 e. The van der Waals surface area contributed by atoms with Gasteiger partial charge in [-0.15, -0.1) is 0 Å². The van der Waals surface area contributed by atoms with E-state index in [0.717, 1.165) is 44.0 Å². The molecule has 1 aliphatic rings. The molecule has 1 fully saturated rings. The molecule has 1 aromatic carbocycles. The van der Waals surface area contributed by atoms with Crippen LogP contribution >= 0.6 is 0 Å². The Bertz CT molecular complexity index is 605. The number of carbonyl (C=O) groups excluding carboxylic acids is 1. The summed E-state index contributed by atoms with van der Waals surface area (Å²) in [6.45, 7) is 4.83. The van der Waals surface area contributed by atoms with Crippen molar-refractivity contribution in [3.05, 3.63) is 66.0 Å². The van der Waals surface area contributed by atoms with Crippen LogP contribution in [0.4, 0.5) is 4.79 Å². The molecule has 2 N–H and O–H groups in total. The number of carbonyl (C=O) groups is 1. The lowest BCUT2D eigenvalue weighted by molar-refractivity contribution is 0.0387. The van der Waals surface area contributed by atoms with Gasteiger partial charge < -0.3 is 15.4 Å². The number of urea groups is 1. The molecule has 6 heteroatoms. The van der Waals surface area contributed by atoms with E-state index in [1.165, 1.54) is 0 Å². The summed E-state index contributed by atoms with van der Waals surface area (Å²) in [4.78, 5) is 18.7. The molecule has 0 unspecified atom stereocenters. The first-order valence-electron chi connectivity index (χ1n) is 8.62. The summed E-state index contributed by atoms with van der Waals surface area (Å²) in [5.41, 5.74) is 2.04. The maximum absolute atomic E-state index is 12.4. The highest BCUT2D eigenvalue weighted by Crippen LogP contribution is 2.21. The molecule has 2 heterocycles. The Kier molecular flexibility index (Phi) is 6.36. The van der Waals surface area contributed by atoms with Gasteiger partial charge in [-0.3, -0.25) is 9.88 Å². The fourth-order valence-corrected chi connectivity index (χ4v) is 2.89. The predicted octanol–water partition coefficient (Wildman–Crippen LogP) is 1.80. The molecule has 1 saturated heterocycles. The van der Waals surface area contributed by atoms with Crippen molar-refractivity contribution in [2.45, 2.75) is 6.04 Å². The molecule has 1 aromatic heterocycles.